The van der Waals surface area contributed by atoms with Crippen molar-refractivity contribution in [2.45, 2.75) is 18.9 Å². The Balaban J connectivity index is 1.51. The number of hydrogen-bond acceptors (Lipinski definition) is 8. The average molecular weight is 486 g/mol. The molecule has 2 amide bonds. The van der Waals surface area contributed by atoms with E-state index in [-0.39, 0.29) is 23.5 Å². The van der Waals surface area contributed by atoms with Gasteiger partial charge in [-0.05, 0) is 30.5 Å². The summed E-state index contributed by atoms with van der Waals surface area (Å²) in [5, 5.41) is 7.21. The second-order valence-corrected chi connectivity index (χ2v) is 8.18. The van der Waals surface area contributed by atoms with Gasteiger partial charge < -0.3 is 24.2 Å². The van der Waals surface area contributed by atoms with Crippen molar-refractivity contribution in [1.29, 1.82) is 0 Å². The zero-order valence-electron chi connectivity index (χ0n) is 18.7. The Bertz CT molecular complexity index is 1110. The molecule has 1 aliphatic heterocycles. The topological polar surface area (TPSA) is 120 Å². The quantitative estimate of drug-likeness (QED) is 0.542. The van der Waals surface area contributed by atoms with E-state index in [2.05, 4.69) is 20.4 Å². The van der Waals surface area contributed by atoms with Crippen LogP contribution in [0.1, 0.15) is 40.8 Å². The minimum Gasteiger partial charge on any atom is -0.481 e. The Morgan fingerprint density at radius 3 is 2.29 bits per heavy atom. The van der Waals surface area contributed by atoms with Crippen LogP contribution in [0, 0.1) is 5.92 Å². The van der Waals surface area contributed by atoms with E-state index in [1.165, 1.54) is 26.5 Å². The fourth-order valence-corrected chi connectivity index (χ4v) is 3.92. The molecule has 0 radical (unpaired) electrons. The molecule has 2 aromatic heterocycles. The van der Waals surface area contributed by atoms with Crippen molar-refractivity contribution in [3.8, 4) is 11.8 Å². The molecule has 11 heteroatoms. The Morgan fingerprint density at radius 2 is 1.74 bits per heavy atom. The van der Waals surface area contributed by atoms with Crippen molar-refractivity contribution >= 4 is 23.4 Å². The summed E-state index contributed by atoms with van der Waals surface area (Å²) in [6.45, 7) is 0.874. The van der Waals surface area contributed by atoms with Gasteiger partial charge >= 0.3 is 0 Å². The lowest BCUT2D eigenvalue weighted by atomic mass is 9.94. The summed E-state index contributed by atoms with van der Waals surface area (Å²) < 4.78 is 15.5. The third-order valence-corrected chi connectivity index (χ3v) is 5.92. The van der Waals surface area contributed by atoms with E-state index in [9.17, 15) is 9.59 Å². The Labute approximate surface area is 201 Å². The van der Waals surface area contributed by atoms with Crippen LogP contribution in [-0.4, -0.2) is 59.1 Å². The first-order chi connectivity index (χ1) is 16.5. The van der Waals surface area contributed by atoms with Gasteiger partial charge in [0.05, 0.1) is 26.5 Å². The minimum atomic E-state index is -0.650. The molecule has 10 nitrogen and oxygen atoms in total. The van der Waals surface area contributed by atoms with Crippen LogP contribution in [0.3, 0.4) is 0 Å². The Kier molecular flexibility index (Phi) is 7.27. The molecule has 4 rings (SSSR count). The highest BCUT2D eigenvalue weighted by atomic mass is 35.5. The number of hydrogen-bond donors (Lipinski definition) is 1. The third-order valence-electron chi connectivity index (χ3n) is 5.66. The summed E-state index contributed by atoms with van der Waals surface area (Å²) in [6, 6.07) is 9.53. The predicted molar refractivity (Wildman–Crippen MR) is 122 cm³/mol. The van der Waals surface area contributed by atoms with Gasteiger partial charge in [0.25, 0.3) is 5.91 Å². The molecular formula is C23H24ClN5O5. The van der Waals surface area contributed by atoms with E-state index in [0.717, 1.165) is 5.56 Å². The molecule has 1 aromatic carbocycles. The van der Waals surface area contributed by atoms with Gasteiger partial charge in [0.15, 0.2) is 5.82 Å². The molecule has 0 bridgehead atoms. The van der Waals surface area contributed by atoms with Crippen molar-refractivity contribution in [2.75, 3.05) is 27.3 Å². The Hall–Kier alpha value is -3.66. The lowest BCUT2D eigenvalue weighted by molar-refractivity contribution is -0.126. The van der Waals surface area contributed by atoms with Crippen LogP contribution in [0.4, 0.5) is 0 Å². The third kappa shape index (κ3) is 5.28. The molecule has 1 N–H and O–H groups in total. The number of nitrogens with zero attached hydrogens (tertiary/aromatic N) is 4. The summed E-state index contributed by atoms with van der Waals surface area (Å²) in [6.07, 6.45) is 2.46. The number of nitrogens with one attached hydrogen (secondary N) is 1. The first-order valence-electron chi connectivity index (χ1n) is 10.7. The molecule has 3 heterocycles. The maximum atomic E-state index is 13.2. The molecule has 34 heavy (non-hydrogen) atoms. The second-order valence-electron chi connectivity index (χ2n) is 7.75. The van der Waals surface area contributed by atoms with Gasteiger partial charge in [0.1, 0.15) is 6.04 Å². The summed E-state index contributed by atoms with van der Waals surface area (Å²) in [7, 11) is 2.99. The maximum absolute atomic E-state index is 13.2. The second kappa shape index (κ2) is 10.5. The van der Waals surface area contributed by atoms with Gasteiger partial charge in [-0.2, -0.15) is 9.97 Å². The van der Waals surface area contributed by atoms with Gasteiger partial charge in [-0.1, -0.05) is 28.9 Å². The molecule has 0 aliphatic carbocycles. The van der Waals surface area contributed by atoms with Crippen LogP contribution in [0.2, 0.25) is 5.02 Å². The van der Waals surface area contributed by atoms with Crippen LogP contribution in [-0.2, 0) is 4.79 Å². The van der Waals surface area contributed by atoms with Crippen molar-refractivity contribution in [1.82, 2.24) is 25.3 Å². The lowest BCUT2D eigenvalue weighted by Gasteiger charge is -2.31. The molecule has 1 aliphatic rings. The highest BCUT2D eigenvalue weighted by molar-refractivity contribution is 6.30. The van der Waals surface area contributed by atoms with Crippen LogP contribution in [0.5, 0.6) is 11.8 Å². The van der Waals surface area contributed by atoms with Gasteiger partial charge in [-0.25, -0.2) is 0 Å². The standard InChI is InChI=1S/C23H24ClN5O5/c1-32-18-13-19(33-2)27-21(26-18)20(14-3-5-16(24)6-4-14)28-22(30)15-8-11-29(12-9-15)23(31)17-7-10-25-34-17/h3-7,10,13,15,20H,8-9,11-12H2,1-2H3,(H,28,30). The fourth-order valence-electron chi connectivity index (χ4n) is 3.80. The number of likely N-dealkylation sites (tertiary alicyclic amines) is 1. The van der Waals surface area contributed by atoms with E-state index < -0.39 is 6.04 Å². The number of halogens is 1. The van der Waals surface area contributed by atoms with Crippen LogP contribution in [0.25, 0.3) is 0 Å². The number of ether oxygens (including phenoxy) is 2. The van der Waals surface area contributed by atoms with Gasteiger partial charge in [0.2, 0.25) is 23.4 Å². The van der Waals surface area contributed by atoms with E-state index in [1.807, 2.05) is 0 Å². The largest absolute Gasteiger partial charge is 0.481 e. The molecule has 0 saturated carbocycles. The molecule has 1 saturated heterocycles. The fraction of sp³-hybridized carbons (Fsp3) is 0.348. The molecule has 1 atom stereocenters. The summed E-state index contributed by atoms with van der Waals surface area (Å²) in [4.78, 5) is 36.2. The molecule has 1 unspecified atom stereocenters. The highest BCUT2D eigenvalue weighted by Gasteiger charge is 2.31. The van der Waals surface area contributed by atoms with Crippen molar-refractivity contribution in [2.24, 2.45) is 5.92 Å². The van der Waals surface area contributed by atoms with Gasteiger partial charge in [0, 0.05) is 30.1 Å². The first kappa shape index (κ1) is 23.5. The van der Waals surface area contributed by atoms with E-state index in [4.69, 9.17) is 25.6 Å². The number of benzene rings is 1. The lowest BCUT2D eigenvalue weighted by Crippen LogP contribution is -2.44. The number of piperidine rings is 1. The number of carbonyl (C=O) groups excluding carboxylic acids is 2. The number of carbonyl (C=O) groups is 2. The summed E-state index contributed by atoms with van der Waals surface area (Å²) >= 11 is 6.06. The van der Waals surface area contributed by atoms with Crippen LogP contribution < -0.4 is 14.8 Å². The van der Waals surface area contributed by atoms with Crippen LogP contribution >= 0.6 is 11.6 Å². The molecule has 178 valence electrons. The van der Waals surface area contributed by atoms with Crippen molar-refractivity contribution in [3.63, 3.8) is 0 Å². The SMILES string of the molecule is COc1cc(OC)nc(C(NC(=O)C2CCN(C(=O)c3ccno3)CC2)c2ccc(Cl)cc2)n1. The number of methoxy groups -OCH3 is 2. The molecular weight excluding hydrogens is 462 g/mol. The summed E-state index contributed by atoms with van der Waals surface area (Å²) in [5.41, 5.74) is 0.756. The van der Waals surface area contributed by atoms with E-state index in [0.29, 0.717) is 48.5 Å². The van der Waals surface area contributed by atoms with Gasteiger partial charge in [-0.15, -0.1) is 0 Å². The zero-order chi connectivity index (χ0) is 24.1. The molecule has 0 spiro atoms. The number of amides is 2. The van der Waals surface area contributed by atoms with E-state index >= 15 is 0 Å². The smallest absolute Gasteiger partial charge is 0.292 e. The maximum Gasteiger partial charge on any atom is 0.292 e. The normalized spacial score (nSPS) is 15.0. The van der Waals surface area contributed by atoms with Crippen molar-refractivity contribution in [3.05, 3.63) is 64.8 Å². The first-order valence-corrected chi connectivity index (χ1v) is 11.1. The monoisotopic (exact) mass is 485 g/mol. The zero-order valence-corrected chi connectivity index (χ0v) is 19.5. The van der Waals surface area contributed by atoms with E-state index in [1.54, 1.807) is 35.2 Å². The summed E-state index contributed by atoms with van der Waals surface area (Å²) in [5.74, 6) is 0.480. The minimum absolute atomic E-state index is 0.155. The molecule has 1 fully saturated rings. The Morgan fingerprint density at radius 1 is 1.09 bits per heavy atom. The van der Waals surface area contributed by atoms with Crippen molar-refractivity contribution < 1.29 is 23.6 Å². The van der Waals surface area contributed by atoms with Crippen LogP contribution in [0.15, 0.2) is 47.1 Å². The predicted octanol–water partition coefficient (Wildman–Crippen LogP) is 2.89. The highest BCUT2D eigenvalue weighted by Crippen LogP contribution is 2.27. The molecule has 3 aromatic rings. The average Bonchev–Trinajstić information content (AvgIpc) is 3.42. The number of rotatable bonds is 7. The number of aromatic nitrogens is 3. The van der Waals surface area contributed by atoms with Gasteiger partial charge in [-0.3, -0.25) is 9.59 Å².